The number of aliphatic hydroxyl groups is 1. The number of aromatic nitrogens is 2. The van der Waals surface area contributed by atoms with Crippen LogP contribution < -0.4 is 0 Å². The van der Waals surface area contributed by atoms with Gasteiger partial charge in [-0.3, -0.25) is 0 Å². The van der Waals surface area contributed by atoms with Gasteiger partial charge in [-0.05, 0) is 24.1 Å². The van der Waals surface area contributed by atoms with Crippen molar-refractivity contribution in [3.63, 3.8) is 0 Å². The van der Waals surface area contributed by atoms with Crippen LogP contribution in [0.15, 0.2) is 43.0 Å². The van der Waals surface area contributed by atoms with Crippen LogP contribution in [0.25, 0.3) is 0 Å². The summed E-state index contributed by atoms with van der Waals surface area (Å²) in [4.78, 5) is 4.02. The molecule has 1 N–H and O–H groups in total. The molecule has 1 aliphatic heterocycles. The van der Waals surface area contributed by atoms with Crippen molar-refractivity contribution >= 4 is 0 Å². The minimum absolute atomic E-state index is 0.0672. The third kappa shape index (κ3) is 3.52. The lowest BCUT2D eigenvalue weighted by atomic mass is 10.0. The number of halogens is 1. The molecule has 5 nitrogen and oxygen atoms in total. The molecule has 2 aromatic rings. The fraction of sp³-hybridized carbons (Fsp3) is 0.438. The fourth-order valence-corrected chi connectivity index (χ4v) is 2.64. The molecule has 0 amide bonds. The van der Waals surface area contributed by atoms with Gasteiger partial charge in [-0.15, -0.1) is 0 Å². The number of hydrogen-bond acceptors (Lipinski definition) is 4. The number of benzene rings is 1. The molecule has 0 spiro atoms. The van der Waals surface area contributed by atoms with Crippen molar-refractivity contribution < 1.29 is 19.0 Å². The molecule has 0 bridgehead atoms. The van der Waals surface area contributed by atoms with Gasteiger partial charge in [-0.25, -0.2) is 9.37 Å². The fourth-order valence-electron chi connectivity index (χ4n) is 2.64. The molecule has 1 saturated heterocycles. The highest BCUT2D eigenvalue weighted by Gasteiger charge is 2.41. The molecular formula is C16H19FN2O3. The van der Waals surface area contributed by atoms with Crippen LogP contribution in [0.5, 0.6) is 0 Å². The van der Waals surface area contributed by atoms with Gasteiger partial charge >= 0.3 is 0 Å². The Morgan fingerprint density at radius 3 is 2.82 bits per heavy atom. The molecular weight excluding hydrogens is 287 g/mol. The van der Waals surface area contributed by atoms with Gasteiger partial charge in [0.25, 0.3) is 0 Å². The minimum Gasteiger partial charge on any atom is -0.394 e. The molecule has 1 aliphatic rings. The molecule has 0 aliphatic carbocycles. The number of imidazole rings is 1. The second-order valence-electron chi connectivity index (χ2n) is 5.51. The predicted octanol–water partition coefficient (Wildman–Crippen LogP) is 1.76. The molecule has 2 atom stereocenters. The topological polar surface area (TPSA) is 56.5 Å². The van der Waals surface area contributed by atoms with Crippen LogP contribution in [0, 0.1) is 5.82 Å². The predicted molar refractivity (Wildman–Crippen MR) is 77.6 cm³/mol. The Morgan fingerprint density at radius 1 is 1.36 bits per heavy atom. The standard InChI is InChI=1S/C16H19FN2O3/c17-14-3-1-13(2-4-14)5-6-16(11-19-8-7-18-12-19)21-10-15(9-20)22-16/h1-4,7-8,12,15,20H,5-6,9-11H2. The van der Waals surface area contributed by atoms with Crippen molar-refractivity contribution in [1.82, 2.24) is 9.55 Å². The summed E-state index contributed by atoms with van der Waals surface area (Å²) in [5.41, 5.74) is 1.02. The number of hydrogen-bond donors (Lipinski definition) is 1. The van der Waals surface area contributed by atoms with E-state index in [1.54, 1.807) is 24.7 Å². The zero-order chi connectivity index (χ0) is 15.4. The second-order valence-corrected chi connectivity index (χ2v) is 5.51. The largest absolute Gasteiger partial charge is 0.394 e. The van der Waals surface area contributed by atoms with Crippen molar-refractivity contribution in [1.29, 1.82) is 0 Å². The Kier molecular flexibility index (Phi) is 4.52. The van der Waals surface area contributed by atoms with Gasteiger partial charge in [0, 0.05) is 18.8 Å². The van der Waals surface area contributed by atoms with Crippen LogP contribution >= 0.6 is 0 Å². The summed E-state index contributed by atoms with van der Waals surface area (Å²) >= 11 is 0. The molecule has 6 heteroatoms. The van der Waals surface area contributed by atoms with Crippen molar-refractivity contribution in [3.8, 4) is 0 Å². The lowest BCUT2D eigenvalue weighted by Gasteiger charge is -2.28. The molecule has 1 aromatic carbocycles. The van der Waals surface area contributed by atoms with Crippen molar-refractivity contribution in [2.24, 2.45) is 0 Å². The maximum Gasteiger partial charge on any atom is 0.187 e. The number of aliphatic hydroxyl groups excluding tert-OH is 1. The van der Waals surface area contributed by atoms with Crippen LogP contribution in [0.4, 0.5) is 4.39 Å². The maximum absolute atomic E-state index is 13.0. The summed E-state index contributed by atoms with van der Waals surface area (Å²) in [5.74, 6) is -1.03. The average Bonchev–Trinajstić information content (AvgIpc) is 3.17. The lowest BCUT2D eigenvalue weighted by Crippen LogP contribution is -2.37. The zero-order valence-corrected chi connectivity index (χ0v) is 12.2. The smallest absolute Gasteiger partial charge is 0.187 e. The van der Waals surface area contributed by atoms with Gasteiger partial charge in [0.05, 0.1) is 26.1 Å². The lowest BCUT2D eigenvalue weighted by molar-refractivity contribution is -0.185. The van der Waals surface area contributed by atoms with E-state index < -0.39 is 5.79 Å². The normalized spacial score (nSPS) is 24.7. The third-order valence-electron chi connectivity index (χ3n) is 3.81. The Labute approximate surface area is 128 Å². The van der Waals surface area contributed by atoms with Gasteiger partial charge in [0.15, 0.2) is 5.79 Å². The molecule has 22 heavy (non-hydrogen) atoms. The molecule has 2 heterocycles. The van der Waals surface area contributed by atoms with E-state index in [9.17, 15) is 9.50 Å². The van der Waals surface area contributed by atoms with Gasteiger partial charge in [-0.2, -0.15) is 0 Å². The first-order valence-corrected chi connectivity index (χ1v) is 7.32. The second kappa shape index (κ2) is 6.56. The van der Waals surface area contributed by atoms with Gasteiger partial charge in [0.2, 0.25) is 0 Å². The monoisotopic (exact) mass is 306 g/mol. The van der Waals surface area contributed by atoms with Crippen LogP contribution in [-0.2, 0) is 22.4 Å². The summed E-state index contributed by atoms with van der Waals surface area (Å²) in [5, 5.41) is 9.27. The molecule has 118 valence electrons. The molecule has 3 rings (SSSR count). The Balaban J connectivity index is 1.70. The molecule has 1 fully saturated rings. The third-order valence-corrected chi connectivity index (χ3v) is 3.81. The summed E-state index contributed by atoms with van der Waals surface area (Å²) < 4.78 is 26.6. The Hall–Kier alpha value is -1.76. The van der Waals surface area contributed by atoms with Crippen LogP contribution in [0.1, 0.15) is 12.0 Å². The van der Waals surface area contributed by atoms with E-state index >= 15 is 0 Å². The summed E-state index contributed by atoms with van der Waals surface area (Å²) in [6.45, 7) is 0.807. The Bertz CT molecular complexity index is 588. The van der Waals surface area contributed by atoms with E-state index in [0.29, 0.717) is 26.0 Å². The van der Waals surface area contributed by atoms with Crippen LogP contribution in [0.3, 0.4) is 0 Å². The minimum atomic E-state index is -0.789. The van der Waals surface area contributed by atoms with Crippen molar-refractivity contribution in [3.05, 3.63) is 54.4 Å². The first-order chi connectivity index (χ1) is 10.7. The molecule has 2 unspecified atom stereocenters. The van der Waals surface area contributed by atoms with Gasteiger partial charge in [0.1, 0.15) is 11.9 Å². The van der Waals surface area contributed by atoms with Crippen molar-refractivity contribution in [2.45, 2.75) is 31.3 Å². The first kappa shape index (κ1) is 15.1. The average molecular weight is 306 g/mol. The molecule has 0 radical (unpaired) electrons. The van der Waals surface area contributed by atoms with E-state index in [1.165, 1.54) is 12.1 Å². The van der Waals surface area contributed by atoms with E-state index in [0.717, 1.165) is 5.56 Å². The molecule has 0 saturated carbocycles. The highest BCUT2D eigenvalue weighted by molar-refractivity contribution is 5.16. The van der Waals surface area contributed by atoms with Gasteiger partial charge in [-0.1, -0.05) is 12.1 Å². The van der Waals surface area contributed by atoms with E-state index in [-0.39, 0.29) is 18.5 Å². The van der Waals surface area contributed by atoms with Gasteiger partial charge < -0.3 is 19.1 Å². The van der Waals surface area contributed by atoms with Crippen LogP contribution in [-0.4, -0.2) is 39.8 Å². The van der Waals surface area contributed by atoms with E-state index in [2.05, 4.69) is 4.98 Å². The number of rotatable bonds is 6. The zero-order valence-electron chi connectivity index (χ0n) is 12.2. The quantitative estimate of drug-likeness (QED) is 0.883. The SMILES string of the molecule is OCC1COC(CCc2ccc(F)cc2)(Cn2ccnc2)O1. The van der Waals surface area contributed by atoms with Crippen LogP contribution in [0.2, 0.25) is 0 Å². The maximum atomic E-state index is 13.0. The number of ether oxygens (including phenoxy) is 2. The summed E-state index contributed by atoms with van der Waals surface area (Å²) in [6.07, 6.45) is 6.26. The van der Waals surface area contributed by atoms with E-state index in [1.807, 2.05) is 10.8 Å². The van der Waals surface area contributed by atoms with E-state index in [4.69, 9.17) is 9.47 Å². The first-order valence-electron chi connectivity index (χ1n) is 7.32. The highest BCUT2D eigenvalue weighted by Crippen LogP contribution is 2.30. The van der Waals surface area contributed by atoms with Crippen molar-refractivity contribution in [2.75, 3.05) is 13.2 Å². The molecule has 1 aromatic heterocycles. The highest BCUT2D eigenvalue weighted by atomic mass is 19.1. The number of nitrogens with zero attached hydrogens (tertiary/aromatic N) is 2. The Morgan fingerprint density at radius 2 is 2.18 bits per heavy atom. The summed E-state index contributed by atoms with van der Waals surface area (Å²) in [7, 11) is 0. The number of aryl methyl sites for hydroxylation is 1. The summed E-state index contributed by atoms with van der Waals surface area (Å²) in [6, 6.07) is 6.42.